The van der Waals surface area contributed by atoms with E-state index in [1.807, 2.05) is 0 Å². The molecule has 0 spiro atoms. The van der Waals surface area contributed by atoms with Crippen molar-refractivity contribution < 1.29 is 17.6 Å². The Balaban J connectivity index is 2.31. The highest BCUT2D eigenvalue weighted by Gasteiger charge is 2.40. The van der Waals surface area contributed by atoms with E-state index in [9.17, 15) is 17.6 Å². The molecule has 106 valence electrons. The maximum Gasteiger partial charge on any atom is 0.412 e. The first-order valence-corrected chi connectivity index (χ1v) is 6.09. The van der Waals surface area contributed by atoms with Crippen molar-refractivity contribution in [3.63, 3.8) is 0 Å². The fourth-order valence-corrected chi connectivity index (χ4v) is 1.93. The number of rotatable bonds is 3. The Morgan fingerprint density at radius 2 is 1.65 bits per heavy atom. The molecular weight excluding hydrogens is 294 g/mol. The van der Waals surface area contributed by atoms with Gasteiger partial charge in [0.2, 0.25) is 0 Å². The molecule has 0 aromatic heterocycles. The Kier molecular flexibility index (Phi) is 4.18. The van der Waals surface area contributed by atoms with Crippen LogP contribution in [0, 0.1) is 5.82 Å². The van der Waals surface area contributed by atoms with Crippen LogP contribution in [0.3, 0.4) is 0 Å². The van der Waals surface area contributed by atoms with Crippen LogP contribution in [0.15, 0.2) is 48.5 Å². The highest BCUT2D eigenvalue weighted by Crippen LogP contribution is 2.36. The zero-order valence-corrected chi connectivity index (χ0v) is 10.8. The van der Waals surface area contributed by atoms with Crippen LogP contribution in [0.1, 0.15) is 11.6 Å². The van der Waals surface area contributed by atoms with Gasteiger partial charge in [-0.15, -0.1) is 0 Å². The van der Waals surface area contributed by atoms with Crippen molar-refractivity contribution in [2.75, 3.05) is 5.32 Å². The van der Waals surface area contributed by atoms with E-state index in [-0.39, 0.29) is 16.3 Å². The highest BCUT2D eigenvalue weighted by atomic mass is 35.5. The summed E-state index contributed by atoms with van der Waals surface area (Å²) in [7, 11) is 0. The maximum absolute atomic E-state index is 13.1. The summed E-state index contributed by atoms with van der Waals surface area (Å²) < 4.78 is 52.3. The summed E-state index contributed by atoms with van der Waals surface area (Å²) in [5.74, 6) is -0.680. The van der Waals surface area contributed by atoms with Gasteiger partial charge in [0.1, 0.15) is 11.9 Å². The summed E-state index contributed by atoms with van der Waals surface area (Å²) in [5.41, 5.74) is 0.169. The Morgan fingerprint density at radius 3 is 2.20 bits per heavy atom. The zero-order valence-electron chi connectivity index (χ0n) is 10.1. The minimum Gasteiger partial charge on any atom is -0.370 e. The molecule has 1 atom stereocenters. The van der Waals surface area contributed by atoms with Gasteiger partial charge in [0.15, 0.2) is 0 Å². The van der Waals surface area contributed by atoms with Crippen molar-refractivity contribution >= 4 is 17.3 Å². The minimum absolute atomic E-state index is 0.0699. The Morgan fingerprint density at radius 1 is 1.00 bits per heavy atom. The summed E-state index contributed by atoms with van der Waals surface area (Å²) in [4.78, 5) is 0. The molecule has 2 rings (SSSR count). The van der Waals surface area contributed by atoms with Crippen molar-refractivity contribution in [3.8, 4) is 0 Å². The van der Waals surface area contributed by atoms with Gasteiger partial charge in [-0.25, -0.2) is 4.39 Å². The van der Waals surface area contributed by atoms with E-state index in [2.05, 4.69) is 5.32 Å². The lowest BCUT2D eigenvalue weighted by Gasteiger charge is -2.23. The predicted molar refractivity (Wildman–Crippen MR) is 70.3 cm³/mol. The van der Waals surface area contributed by atoms with Crippen LogP contribution in [0.5, 0.6) is 0 Å². The number of alkyl halides is 3. The molecule has 2 aromatic carbocycles. The number of hydrogen-bond acceptors (Lipinski definition) is 1. The second-order valence-corrected chi connectivity index (χ2v) is 4.57. The number of nitrogens with one attached hydrogen (secondary N) is 1. The van der Waals surface area contributed by atoms with Crippen LogP contribution in [-0.4, -0.2) is 6.18 Å². The molecule has 0 saturated heterocycles. The van der Waals surface area contributed by atoms with E-state index in [1.165, 1.54) is 30.3 Å². The number of benzene rings is 2. The van der Waals surface area contributed by atoms with E-state index >= 15 is 0 Å². The zero-order chi connectivity index (χ0) is 14.8. The van der Waals surface area contributed by atoms with Crippen molar-refractivity contribution in [3.05, 3.63) is 64.9 Å². The molecular formula is C14H10ClF4N. The quantitative estimate of drug-likeness (QED) is 0.769. The molecule has 1 unspecified atom stereocenters. The van der Waals surface area contributed by atoms with Gasteiger partial charge in [0.05, 0.1) is 5.02 Å². The fourth-order valence-electron chi connectivity index (χ4n) is 1.75. The first-order chi connectivity index (χ1) is 9.38. The van der Waals surface area contributed by atoms with Gasteiger partial charge in [-0.2, -0.15) is 13.2 Å². The van der Waals surface area contributed by atoms with Gasteiger partial charge in [-0.3, -0.25) is 0 Å². The largest absolute Gasteiger partial charge is 0.412 e. The van der Waals surface area contributed by atoms with E-state index in [0.29, 0.717) is 0 Å². The monoisotopic (exact) mass is 303 g/mol. The lowest BCUT2D eigenvalue weighted by atomic mass is 10.1. The van der Waals surface area contributed by atoms with E-state index < -0.39 is 18.0 Å². The lowest BCUT2D eigenvalue weighted by molar-refractivity contribution is -0.144. The summed E-state index contributed by atoms with van der Waals surface area (Å²) in [6, 6.07) is 8.88. The molecule has 0 saturated carbocycles. The van der Waals surface area contributed by atoms with Crippen molar-refractivity contribution in [2.45, 2.75) is 12.2 Å². The summed E-state index contributed by atoms with van der Waals surface area (Å²) >= 11 is 5.56. The molecule has 1 nitrogen and oxygen atoms in total. The average Bonchev–Trinajstić information content (AvgIpc) is 2.39. The minimum atomic E-state index is -4.48. The fraction of sp³-hybridized carbons (Fsp3) is 0.143. The van der Waals surface area contributed by atoms with Gasteiger partial charge >= 0.3 is 6.18 Å². The van der Waals surface area contributed by atoms with Crippen LogP contribution >= 0.6 is 11.6 Å². The van der Waals surface area contributed by atoms with Gasteiger partial charge in [0, 0.05) is 5.69 Å². The topological polar surface area (TPSA) is 12.0 Å². The van der Waals surface area contributed by atoms with Crippen LogP contribution in [0.2, 0.25) is 5.02 Å². The first-order valence-electron chi connectivity index (χ1n) is 5.71. The third-order valence-electron chi connectivity index (χ3n) is 2.69. The van der Waals surface area contributed by atoms with Gasteiger partial charge < -0.3 is 5.32 Å². The normalized spacial score (nSPS) is 13.1. The van der Waals surface area contributed by atoms with Gasteiger partial charge in [-0.1, -0.05) is 41.9 Å². The highest BCUT2D eigenvalue weighted by molar-refractivity contribution is 6.31. The maximum atomic E-state index is 13.1. The molecule has 2 aromatic rings. The third kappa shape index (κ3) is 3.42. The molecule has 0 bridgehead atoms. The number of anilines is 1. The third-order valence-corrected chi connectivity index (χ3v) is 2.98. The predicted octanol–water partition coefficient (Wildman–Crippen LogP) is 5.19. The van der Waals surface area contributed by atoms with Crippen molar-refractivity contribution in [2.24, 2.45) is 0 Å². The molecule has 1 N–H and O–H groups in total. The van der Waals surface area contributed by atoms with Crippen molar-refractivity contribution in [1.82, 2.24) is 0 Å². The lowest BCUT2D eigenvalue weighted by Crippen LogP contribution is -2.27. The Bertz CT molecular complexity index is 583. The van der Waals surface area contributed by atoms with Gasteiger partial charge in [-0.05, 0) is 23.8 Å². The van der Waals surface area contributed by atoms with Crippen LogP contribution in [-0.2, 0) is 0 Å². The molecule has 0 heterocycles. The van der Waals surface area contributed by atoms with Crippen LogP contribution in [0.4, 0.5) is 23.2 Å². The second kappa shape index (κ2) is 5.71. The van der Waals surface area contributed by atoms with E-state index in [0.717, 1.165) is 12.1 Å². The second-order valence-electron chi connectivity index (χ2n) is 4.16. The van der Waals surface area contributed by atoms with E-state index in [4.69, 9.17) is 11.6 Å². The summed E-state index contributed by atoms with van der Waals surface area (Å²) in [5, 5.41) is 2.09. The molecule has 0 aliphatic heterocycles. The SMILES string of the molecule is Fc1ccc(NC(c2ccccc2)C(F)(F)F)cc1Cl. The molecule has 0 aliphatic rings. The van der Waals surface area contributed by atoms with E-state index in [1.54, 1.807) is 6.07 Å². The molecule has 0 amide bonds. The molecule has 0 aliphatic carbocycles. The van der Waals surface area contributed by atoms with Crippen molar-refractivity contribution in [1.29, 1.82) is 0 Å². The first kappa shape index (κ1) is 14.7. The molecule has 0 radical (unpaired) electrons. The standard InChI is InChI=1S/C14H10ClF4N/c15-11-8-10(6-7-12(11)16)20-13(14(17,18)19)9-4-2-1-3-5-9/h1-8,13,20H. The molecule has 20 heavy (non-hydrogen) atoms. The Labute approximate surface area is 118 Å². The summed E-state index contributed by atoms with van der Waals surface area (Å²) in [6.45, 7) is 0. The number of hydrogen-bond donors (Lipinski definition) is 1. The summed E-state index contributed by atoms with van der Waals surface area (Å²) in [6.07, 6.45) is -4.48. The molecule has 0 fully saturated rings. The average molecular weight is 304 g/mol. The molecule has 6 heteroatoms. The number of halogens is 5. The van der Waals surface area contributed by atoms with Crippen LogP contribution < -0.4 is 5.32 Å². The van der Waals surface area contributed by atoms with Gasteiger partial charge in [0.25, 0.3) is 0 Å². The smallest absolute Gasteiger partial charge is 0.370 e. The van der Waals surface area contributed by atoms with Crippen LogP contribution in [0.25, 0.3) is 0 Å². The Hall–Kier alpha value is -1.75.